The molecule has 5 rings (SSSR count). The molecule has 0 bridgehead atoms. The van der Waals surface area contributed by atoms with Crippen molar-refractivity contribution in [2.45, 2.75) is 38.0 Å². The molecule has 1 saturated heterocycles. The lowest BCUT2D eigenvalue weighted by atomic mass is 9.97. The molecular formula is C20H23F3N4OS. The lowest BCUT2D eigenvalue weighted by molar-refractivity contribution is -0.00594. The molecule has 3 heterocycles. The first kappa shape index (κ1) is 20.4. The van der Waals surface area contributed by atoms with Crippen LogP contribution in [0.25, 0.3) is 11.3 Å². The van der Waals surface area contributed by atoms with Gasteiger partial charge in [0.05, 0.1) is 32.0 Å². The highest BCUT2D eigenvalue weighted by molar-refractivity contribution is 7.96. The second kappa shape index (κ2) is 8.12. The quantitative estimate of drug-likeness (QED) is 0.743. The van der Waals surface area contributed by atoms with Crippen molar-refractivity contribution < 1.29 is 17.9 Å². The van der Waals surface area contributed by atoms with Crippen molar-refractivity contribution in [3.63, 3.8) is 0 Å². The summed E-state index contributed by atoms with van der Waals surface area (Å²) in [5.41, 5.74) is 3.93. The van der Waals surface area contributed by atoms with Crippen LogP contribution in [0.1, 0.15) is 28.8 Å². The Morgan fingerprint density at radius 3 is 2.69 bits per heavy atom. The monoisotopic (exact) mass is 424 g/mol. The van der Waals surface area contributed by atoms with E-state index in [-0.39, 0.29) is 37.6 Å². The summed E-state index contributed by atoms with van der Waals surface area (Å²) in [5.74, 6) is -2.76. The van der Waals surface area contributed by atoms with E-state index in [2.05, 4.69) is 9.97 Å². The zero-order valence-electron chi connectivity index (χ0n) is 16.1. The van der Waals surface area contributed by atoms with Gasteiger partial charge in [0.2, 0.25) is 5.95 Å². The minimum absolute atomic E-state index is 0.155. The average molecular weight is 424 g/mol. The average Bonchev–Trinajstić information content (AvgIpc) is 3.00. The summed E-state index contributed by atoms with van der Waals surface area (Å²) in [4.78, 5) is 10.3. The van der Waals surface area contributed by atoms with Crippen LogP contribution in [-0.4, -0.2) is 42.1 Å². The molecule has 2 aliphatic heterocycles. The molecule has 3 aliphatic rings. The fourth-order valence-electron chi connectivity index (χ4n) is 3.90. The first-order valence-corrected chi connectivity index (χ1v) is 10.8. The molecule has 1 fully saturated rings. The zero-order valence-corrected chi connectivity index (χ0v) is 16.9. The number of benzene rings is 1. The third kappa shape index (κ3) is 3.95. The number of aromatic nitrogens is 2. The smallest absolute Gasteiger partial charge is 0.290 e. The Balaban J connectivity index is 0.000000645. The van der Waals surface area contributed by atoms with Crippen LogP contribution in [0.15, 0.2) is 18.2 Å². The molecule has 2 N–H and O–H groups in total. The predicted octanol–water partition coefficient (Wildman–Crippen LogP) is 3.64. The van der Waals surface area contributed by atoms with Crippen molar-refractivity contribution in [2.75, 3.05) is 30.9 Å². The number of rotatable bonds is 2. The Hall–Kier alpha value is -1.84. The van der Waals surface area contributed by atoms with E-state index in [4.69, 9.17) is 9.88 Å². The molecule has 0 spiro atoms. The van der Waals surface area contributed by atoms with Crippen molar-refractivity contribution in [2.24, 2.45) is 5.14 Å². The molecule has 29 heavy (non-hydrogen) atoms. The summed E-state index contributed by atoms with van der Waals surface area (Å²) in [6, 6.07) is 5.93. The highest BCUT2D eigenvalue weighted by Crippen LogP contribution is 2.44. The van der Waals surface area contributed by atoms with Gasteiger partial charge in [0, 0.05) is 17.5 Å². The molecule has 156 valence electrons. The van der Waals surface area contributed by atoms with Gasteiger partial charge in [-0.3, -0.25) is 5.14 Å². The second-order valence-electron chi connectivity index (χ2n) is 7.43. The van der Waals surface area contributed by atoms with Crippen molar-refractivity contribution in [3.8, 4) is 11.3 Å². The topological polar surface area (TPSA) is 64.3 Å². The van der Waals surface area contributed by atoms with E-state index in [1.807, 2.05) is 24.5 Å². The Labute approximate surface area is 172 Å². The first-order chi connectivity index (χ1) is 13.9. The van der Waals surface area contributed by atoms with Gasteiger partial charge in [-0.15, -0.1) is 0 Å². The summed E-state index contributed by atoms with van der Waals surface area (Å²) in [6.45, 7) is 1.53. The number of ether oxygens (including phenoxy) is 1. The van der Waals surface area contributed by atoms with Gasteiger partial charge in [0.25, 0.3) is 5.92 Å². The molecule has 0 radical (unpaired) electrons. The van der Waals surface area contributed by atoms with E-state index in [1.54, 1.807) is 4.90 Å². The summed E-state index contributed by atoms with van der Waals surface area (Å²) >= 11 is 1.25. The lowest BCUT2D eigenvalue weighted by Crippen LogP contribution is -2.49. The second-order valence-corrected chi connectivity index (χ2v) is 7.90. The van der Waals surface area contributed by atoms with E-state index in [1.165, 1.54) is 17.5 Å². The van der Waals surface area contributed by atoms with Crippen LogP contribution in [0.4, 0.5) is 19.1 Å². The highest BCUT2D eigenvalue weighted by Gasteiger charge is 2.44. The van der Waals surface area contributed by atoms with Crippen LogP contribution in [0.2, 0.25) is 0 Å². The third-order valence-electron chi connectivity index (χ3n) is 5.40. The van der Waals surface area contributed by atoms with Crippen LogP contribution >= 0.6 is 11.9 Å². The summed E-state index contributed by atoms with van der Waals surface area (Å²) in [7, 11) is 0. The molecule has 0 atom stereocenters. The van der Waals surface area contributed by atoms with Gasteiger partial charge in [-0.1, -0.05) is 24.1 Å². The van der Waals surface area contributed by atoms with Gasteiger partial charge in [0.15, 0.2) is 0 Å². The molecule has 1 aromatic carbocycles. The fourth-order valence-corrected chi connectivity index (χ4v) is 3.90. The van der Waals surface area contributed by atoms with Gasteiger partial charge in [0.1, 0.15) is 11.9 Å². The largest absolute Gasteiger partial charge is 0.376 e. The fraction of sp³-hybridized carbons (Fsp3) is 0.500. The van der Waals surface area contributed by atoms with Gasteiger partial charge >= 0.3 is 0 Å². The molecule has 0 unspecified atom stereocenters. The third-order valence-corrected chi connectivity index (χ3v) is 5.40. The molecule has 0 amide bonds. The van der Waals surface area contributed by atoms with Crippen LogP contribution in [0.3, 0.4) is 0 Å². The van der Waals surface area contributed by atoms with E-state index in [0.29, 0.717) is 24.5 Å². The Morgan fingerprint density at radius 2 is 1.97 bits per heavy atom. The van der Waals surface area contributed by atoms with Gasteiger partial charge in [-0.05, 0) is 36.3 Å². The number of halogens is 3. The number of alkyl halides is 3. The molecule has 9 heteroatoms. The summed E-state index contributed by atoms with van der Waals surface area (Å²) in [5, 5.41) is 4.76. The molecule has 0 saturated carbocycles. The van der Waals surface area contributed by atoms with Crippen molar-refractivity contribution in [1.29, 1.82) is 0 Å². The minimum Gasteiger partial charge on any atom is -0.376 e. The Kier molecular flexibility index (Phi) is 5.72. The van der Waals surface area contributed by atoms with E-state index < -0.39 is 12.1 Å². The number of fused-ring (bicyclic) bond motifs is 2. The van der Waals surface area contributed by atoms with Crippen molar-refractivity contribution >= 4 is 17.9 Å². The molecule has 1 aliphatic carbocycles. The molecular weight excluding hydrogens is 401 g/mol. The van der Waals surface area contributed by atoms with Gasteiger partial charge in [-0.2, -0.15) is 8.78 Å². The number of nitrogens with two attached hydrogens (primary N) is 1. The van der Waals surface area contributed by atoms with Crippen LogP contribution in [0, 0.1) is 0 Å². The van der Waals surface area contributed by atoms with Crippen LogP contribution < -0.4 is 10.0 Å². The van der Waals surface area contributed by atoms with Crippen molar-refractivity contribution in [3.05, 3.63) is 40.6 Å². The normalized spacial score (nSPS) is 19.7. The van der Waals surface area contributed by atoms with Crippen LogP contribution in [0.5, 0.6) is 0 Å². The zero-order chi connectivity index (χ0) is 20.6. The van der Waals surface area contributed by atoms with Crippen LogP contribution in [-0.2, 0) is 30.1 Å². The highest BCUT2D eigenvalue weighted by atomic mass is 32.2. The molecule has 1 aromatic heterocycles. The van der Waals surface area contributed by atoms with Gasteiger partial charge in [-0.25, -0.2) is 14.4 Å². The standard InChI is InChI=1S/C19H18F3N3O.CH5NS/c20-14-8-25(9-14)18-23-16(15-3-5-19(21,22)17(15)24-18)12-2-1-11-4-6-26-10-13(11)7-12;1-3-2/h1-2,7,14H,3-6,8-10H2;2H2,1H3. The lowest BCUT2D eigenvalue weighted by Gasteiger charge is -2.34. The Morgan fingerprint density at radius 1 is 1.21 bits per heavy atom. The minimum atomic E-state index is -2.96. The number of anilines is 1. The van der Waals surface area contributed by atoms with E-state index >= 15 is 0 Å². The number of hydrogen-bond acceptors (Lipinski definition) is 6. The maximum atomic E-state index is 14.3. The SMILES string of the molecule is CSN.FC1CN(c2nc(-c3ccc4c(c3)COCC4)c3c(n2)C(F)(F)CC3)C1. The molecule has 2 aromatic rings. The maximum Gasteiger partial charge on any atom is 0.290 e. The Bertz CT molecular complexity index is 906. The van der Waals surface area contributed by atoms with E-state index in [0.717, 1.165) is 17.5 Å². The first-order valence-electron chi connectivity index (χ1n) is 9.54. The number of hydrogen-bond donors (Lipinski definition) is 1. The van der Waals surface area contributed by atoms with Crippen molar-refractivity contribution in [1.82, 2.24) is 9.97 Å². The molecule has 5 nitrogen and oxygen atoms in total. The predicted molar refractivity (Wildman–Crippen MR) is 108 cm³/mol. The van der Waals surface area contributed by atoms with E-state index in [9.17, 15) is 13.2 Å². The number of nitrogens with zero attached hydrogens (tertiary/aromatic N) is 3. The summed E-state index contributed by atoms with van der Waals surface area (Å²) < 4.78 is 47.4. The van der Waals surface area contributed by atoms with Gasteiger partial charge < -0.3 is 9.64 Å². The maximum absolute atomic E-state index is 14.3. The summed E-state index contributed by atoms with van der Waals surface area (Å²) in [6.07, 6.45) is 1.72.